The zero-order valence-electron chi connectivity index (χ0n) is 8.66. The van der Waals surface area contributed by atoms with Gasteiger partial charge in [0.15, 0.2) is 0 Å². The molecule has 0 aliphatic heterocycles. The van der Waals surface area contributed by atoms with E-state index in [0.29, 0.717) is 0 Å². The highest BCUT2D eigenvalue weighted by atomic mass is 16.7. The molecule has 3 heteroatoms. The van der Waals surface area contributed by atoms with Crippen LogP contribution in [0.5, 0.6) is 5.75 Å². The molecule has 2 rings (SSSR count). The number of fused-ring (bicyclic) bond motifs is 1. The summed E-state index contributed by atoms with van der Waals surface area (Å²) in [6, 6.07) is 5.96. The summed E-state index contributed by atoms with van der Waals surface area (Å²) in [4.78, 5) is 0. The Hall–Kier alpha value is -1.06. The SMILES string of the molecule is COc1cccc2c1C(OC)(OC)C2. The van der Waals surface area contributed by atoms with Crippen LogP contribution in [-0.2, 0) is 21.7 Å². The first-order valence-electron chi connectivity index (χ1n) is 4.54. The van der Waals surface area contributed by atoms with E-state index >= 15 is 0 Å². The molecular formula is C11H14O3. The van der Waals surface area contributed by atoms with E-state index in [4.69, 9.17) is 14.2 Å². The lowest BCUT2D eigenvalue weighted by Gasteiger charge is -2.41. The molecule has 1 aliphatic rings. The Labute approximate surface area is 83.6 Å². The quantitative estimate of drug-likeness (QED) is 0.685. The summed E-state index contributed by atoms with van der Waals surface area (Å²) < 4.78 is 16.1. The molecule has 0 saturated carbocycles. The molecule has 0 radical (unpaired) electrons. The topological polar surface area (TPSA) is 27.7 Å². The van der Waals surface area contributed by atoms with Crippen LogP contribution in [0.4, 0.5) is 0 Å². The van der Waals surface area contributed by atoms with Crippen molar-refractivity contribution in [3.05, 3.63) is 29.3 Å². The molecule has 76 valence electrons. The molecule has 0 fully saturated rings. The first kappa shape index (κ1) is 9.49. The molecule has 0 saturated heterocycles. The van der Waals surface area contributed by atoms with Crippen LogP contribution in [-0.4, -0.2) is 21.3 Å². The van der Waals surface area contributed by atoms with E-state index in [9.17, 15) is 0 Å². The standard InChI is InChI=1S/C11H14O3/c1-12-9-6-4-5-8-7-11(13-2,14-3)10(8)9/h4-6H,7H2,1-3H3. The lowest BCUT2D eigenvalue weighted by Crippen LogP contribution is -2.42. The van der Waals surface area contributed by atoms with Crippen molar-refractivity contribution in [1.82, 2.24) is 0 Å². The fourth-order valence-electron chi connectivity index (χ4n) is 1.99. The minimum absolute atomic E-state index is 0.595. The van der Waals surface area contributed by atoms with Gasteiger partial charge in [-0.2, -0.15) is 0 Å². The molecule has 0 atom stereocenters. The van der Waals surface area contributed by atoms with Gasteiger partial charge in [0.25, 0.3) is 0 Å². The number of methoxy groups -OCH3 is 3. The summed E-state index contributed by atoms with van der Waals surface area (Å²) in [5.74, 6) is 0.236. The second-order valence-corrected chi connectivity index (χ2v) is 3.33. The van der Waals surface area contributed by atoms with Crippen molar-refractivity contribution < 1.29 is 14.2 Å². The van der Waals surface area contributed by atoms with Gasteiger partial charge in [0.05, 0.1) is 12.7 Å². The van der Waals surface area contributed by atoms with Crippen molar-refractivity contribution in [2.45, 2.75) is 12.2 Å². The van der Waals surface area contributed by atoms with Crippen molar-refractivity contribution in [2.75, 3.05) is 21.3 Å². The van der Waals surface area contributed by atoms with Gasteiger partial charge in [-0.3, -0.25) is 0 Å². The van der Waals surface area contributed by atoms with E-state index < -0.39 is 5.79 Å². The zero-order chi connectivity index (χ0) is 10.2. The number of hydrogen-bond acceptors (Lipinski definition) is 3. The maximum absolute atomic E-state index is 5.39. The fourth-order valence-corrected chi connectivity index (χ4v) is 1.99. The third kappa shape index (κ3) is 1.06. The van der Waals surface area contributed by atoms with Crippen molar-refractivity contribution >= 4 is 0 Å². The molecule has 0 N–H and O–H groups in total. The summed E-state index contributed by atoms with van der Waals surface area (Å²) in [6.07, 6.45) is 0.784. The van der Waals surface area contributed by atoms with Crippen molar-refractivity contribution in [1.29, 1.82) is 0 Å². The van der Waals surface area contributed by atoms with E-state index in [1.807, 2.05) is 12.1 Å². The fraction of sp³-hybridized carbons (Fsp3) is 0.455. The summed E-state index contributed by atoms with van der Waals surface area (Å²) in [6.45, 7) is 0. The van der Waals surface area contributed by atoms with E-state index in [0.717, 1.165) is 17.7 Å². The normalized spacial score (nSPS) is 17.1. The maximum Gasteiger partial charge on any atom is 0.202 e. The minimum atomic E-state index is -0.595. The molecule has 0 bridgehead atoms. The summed E-state index contributed by atoms with van der Waals surface area (Å²) in [5.41, 5.74) is 2.25. The molecule has 3 nitrogen and oxygen atoms in total. The molecule has 0 amide bonds. The van der Waals surface area contributed by atoms with Crippen LogP contribution in [0.2, 0.25) is 0 Å². The molecule has 0 heterocycles. The molecule has 1 aliphatic carbocycles. The predicted molar refractivity (Wildman–Crippen MR) is 52.4 cm³/mol. The van der Waals surface area contributed by atoms with Gasteiger partial charge in [-0.15, -0.1) is 0 Å². The molecule has 14 heavy (non-hydrogen) atoms. The van der Waals surface area contributed by atoms with Crippen molar-refractivity contribution in [2.24, 2.45) is 0 Å². The van der Waals surface area contributed by atoms with Gasteiger partial charge in [0.1, 0.15) is 5.75 Å². The van der Waals surface area contributed by atoms with Crippen LogP contribution in [0.25, 0.3) is 0 Å². The number of benzene rings is 1. The lowest BCUT2D eigenvalue weighted by atomic mass is 9.81. The molecule has 1 aromatic carbocycles. The van der Waals surface area contributed by atoms with Crippen LogP contribution >= 0.6 is 0 Å². The highest BCUT2D eigenvalue weighted by Crippen LogP contribution is 2.47. The Bertz CT molecular complexity index is 342. The van der Waals surface area contributed by atoms with E-state index in [-0.39, 0.29) is 0 Å². The van der Waals surface area contributed by atoms with Gasteiger partial charge in [0.2, 0.25) is 5.79 Å². The average Bonchev–Trinajstić information content (AvgIpc) is 2.20. The van der Waals surface area contributed by atoms with Gasteiger partial charge in [-0.1, -0.05) is 12.1 Å². The third-order valence-corrected chi connectivity index (χ3v) is 2.80. The van der Waals surface area contributed by atoms with Crippen LogP contribution in [0.1, 0.15) is 11.1 Å². The first-order valence-corrected chi connectivity index (χ1v) is 4.54. The Balaban J connectivity index is 2.48. The predicted octanol–water partition coefficient (Wildman–Crippen LogP) is 1.70. The highest BCUT2D eigenvalue weighted by Gasteiger charge is 2.46. The second kappa shape index (κ2) is 3.26. The van der Waals surface area contributed by atoms with Crippen LogP contribution in [0, 0.1) is 0 Å². The van der Waals surface area contributed by atoms with Crippen LogP contribution in [0.3, 0.4) is 0 Å². The number of hydrogen-bond donors (Lipinski definition) is 0. The second-order valence-electron chi connectivity index (χ2n) is 3.33. The van der Waals surface area contributed by atoms with Gasteiger partial charge in [-0.05, 0) is 11.6 Å². The number of ether oxygens (including phenoxy) is 3. The largest absolute Gasteiger partial charge is 0.496 e. The lowest BCUT2D eigenvalue weighted by molar-refractivity contribution is -0.231. The highest BCUT2D eigenvalue weighted by molar-refractivity contribution is 5.50. The summed E-state index contributed by atoms with van der Waals surface area (Å²) in [5, 5.41) is 0. The van der Waals surface area contributed by atoms with E-state index in [2.05, 4.69) is 6.07 Å². The molecule has 1 aromatic rings. The van der Waals surface area contributed by atoms with Crippen LogP contribution in [0.15, 0.2) is 18.2 Å². The summed E-state index contributed by atoms with van der Waals surface area (Å²) in [7, 11) is 4.96. The Morgan fingerprint density at radius 1 is 1.14 bits per heavy atom. The third-order valence-electron chi connectivity index (χ3n) is 2.80. The zero-order valence-corrected chi connectivity index (χ0v) is 8.66. The average molecular weight is 194 g/mol. The Morgan fingerprint density at radius 2 is 1.86 bits per heavy atom. The molecule has 0 spiro atoms. The maximum atomic E-state index is 5.39. The van der Waals surface area contributed by atoms with Crippen molar-refractivity contribution in [3.8, 4) is 5.75 Å². The van der Waals surface area contributed by atoms with Crippen molar-refractivity contribution in [3.63, 3.8) is 0 Å². The smallest absolute Gasteiger partial charge is 0.202 e. The minimum Gasteiger partial charge on any atom is -0.496 e. The monoisotopic (exact) mass is 194 g/mol. The first-order chi connectivity index (χ1) is 6.77. The van der Waals surface area contributed by atoms with Gasteiger partial charge < -0.3 is 14.2 Å². The van der Waals surface area contributed by atoms with E-state index in [1.165, 1.54) is 5.56 Å². The Morgan fingerprint density at radius 3 is 2.43 bits per heavy atom. The number of rotatable bonds is 3. The van der Waals surface area contributed by atoms with Gasteiger partial charge >= 0.3 is 0 Å². The van der Waals surface area contributed by atoms with Crippen LogP contribution < -0.4 is 4.74 Å². The molecule has 0 aromatic heterocycles. The van der Waals surface area contributed by atoms with Gasteiger partial charge in [0, 0.05) is 20.6 Å². The van der Waals surface area contributed by atoms with Gasteiger partial charge in [-0.25, -0.2) is 0 Å². The summed E-state index contributed by atoms with van der Waals surface area (Å²) >= 11 is 0. The Kier molecular flexibility index (Phi) is 2.21. The molecular weight excluding hydrogens is 180 g/mol. The van der Waals surface area contributed by atoms with E-state index in [1.54, 1.807) is 21.3 Å². The molecule has 0 unspecified atom stereocenters.